The average molecular weight is 270 g/mol. The highest BCUT2D eigenvalue weighted by Crippen LogP contribution is 2.19. The molecule has 0 aliphatic carbocycles. The van der Waals surface area contributed by atoms with Crippen molar-refractivity contribution in [2.75, 3.05) is 18.8 Å². The maximum absolute atomic E-state index is 11.6. The number of nitrogens with zero attached hydrogens (tertiary/aromatic N) is 2. The molecule has 6 nitrogen and oxygen atoms in total. The molecule has 1 amide bonds. The van der Waals surface area contributed by atoms with E-state index in [0.29, 0.717) is 29.3 Å². The summed E-state index contributed by atoms with van der Waals surface area (Å²) in [4.78, 5) is 15.7. The van der Waals surface area contributed by atoms with Crippen molar-refractivity contribution in [3.63, 3.8) is 0 Å². The fourth-order valence-corrected chi connectivity index (χ4v) is 2.86. The van der Waals surface area contributed by atoms with Gasteiger partial charge in [0.25, 0.3) is 0 Å². The molecule has 18 heavy (non-hydrogen) atoms. The van der Waals surface area contributed by atoms with Gasteiger partial charge in [-0.05, 0) is 25.9 Å². The molecule has 1 aliphatic heterocycles. The number of hydrogen-bond acceptors (Lipinski definition) is 6. The Morgan fingerprint density at radius 1 is 1.56 bits per heavy atom. The van der Waals surface area contributed by atoms with Crippen molar-refractivity contribution in [1.82, 2.24) is 20.8 Å². The summed E-state index contributed by atoms with van der Waals surface area (Å²) >= 11 is 1.73. The lowest BCUT2D eigenvalue weighted by Gasteiger charge is -2.21. The standard InChI is InChI=1S/C11H18N4O2S/c1-8-14-10(15-17-8)6-13-11(16)7-18-9-2-4-12-5-3-9/h9,12H,2-7H2,1H3,(H,13,16). The van der Waals surface area contributed by atoms with Gasteiger partial charge in [0.15, 0.2) is 5.82 Å². The first-order valence-corrected chi connectivity index (χ1v) is 7.17. The van der Waals surface area contributed by atoms with Crippen LogP contribution in [0.4, 0.5) is 0 Å². The van der Waals surface area contributed by atoms with Crippen LogP contribution in [-0.2, 0) is 11.3 Å². The number of nitrogens with one attached hydrogen (secondary N) is 2. The molecule has 2 heterocycles. The van der Waals surface area contributed by atoms with Gasteiger partial charge < -0.3 is 15.2 Å². The summed E-state index contributed by atoms with van der Waals surface area (Å²) in [5.41, 5.74) is 0. The van der Waals surface area contributed by atoms with Gasteiger partial charge in [0, 0.05) is 12.2 Å². The fourth-order valence-electron chi connectivity index (χ4n) is 1.80. The van der Waals surface area contributed by atoms with E-state index < -0.39 is 0 Å². The lowest BCUT2D eigenvalue weighted by atomic mass is 10.2. The van der Waals surface area contributed by atoms with Crippen LogP contribution >= 0.6 is 11.8 Å². The number of amides is 1. The molecule has 2 rings (SSSR count). The molecule has 0 bridgehead atoms. The number of carbonyl (C=O) groups excluding carboxylic acids is 1. The van der Waals surface area contributed by atoms with Gasteiger partial charge in [-0.2, -0.15) is 4.98 Å². The molecule has 1 aromatic rings. The van der Waals surface area contributed by atoms with Crippen molar-refractivity contribution in [1.29, 1.82) is 0 Å². The molecule has 1 aliphatic rings. The molecule has 0 radical (unpaired) electrons. The predicted octanol–water partition coefficient (Wildman–Crippen LogP) is 0.479. The van der Waals surface area contributed by atoms with E-state index in [4.69, 9.17) is 4.52 Å². The normalized spacial score (nSPS) is 16.7. The molecule has 0 unspecified atom stereocenters. The smallest absolute Gasteiger partial charge is 0.230 e. The minimum Gasteiger partial charge on any atom is -0.348 e. The van der Waals surface area contributed by atoms with E-state index in [2.05, 4.69) is 20.8 Å². The Balaban J connectivity index is 1.62. The zero-order valence-corrected chi connectivity index (χ0v) is 11.3. The van der Waals surface area contributed by atoms with Gasteiger partial charge in [-0.25, -0.2) is 0 Å². The Morgan fingerprint density at radius 3 is 3.00 bits per heavy atom. The first-order valence-electron chi connectivity index (χ1n) is 6.12. The van der Waals surface area contributed by atoms with Crippen molar-refractivity contribution < 1.29 is 9.32 Å². The van der Waals surface area contributed by atoms with Crippen LogP contribution in [-0.4, -0.2) is 40.1 Å². The summed E-state index contributed by atoms with van der Waals surface area (Å²) in [6.45, 7) is 4.18. The molecule has 7 heteroatoms. The van der Waals surface area contributed by atoms with E-state index in [9.17, 15) is 4.79 Å². The number of aromatic nitrogens is 2. The highest BCUT2D eigenvalue weighted by molar-refractivity contribution is 8.00. The Labute approximate surface area is 110 Å². The van der Waals surface area contributed by atoms with Crippen molar-refractivity contribution in [2.24, 2.45) is 0 Å². The van der Waals surface area contributed by atoms with E-state index in [1.807, 2.05) is 0 Å². The van der Waals surface area contributed by atoms with Gasteiger partial charge in [0.2, 0.25) is 11.8 Å². The molecule has 0 spiro atoms. The van der Waals surface area contributed by atoms with Crippen molar-refractivity contribution in [2.45, 2.75) is 31.6 Å². The van der Waals surface area contributed by atoms with Crippen LogP contribution in [0.3, 0.4) is 0 Å². The van der Waals surface area contributed by atoms with Crippen LogP contribution < -0.4 is 10.6 Å². The molecule has 2 N–H and O–H groups in total. The number of aryl methyl sites for hydroxylation is 1. The summed E-state index contributed by atoms with van der Waals surface area (Å²) in [6, 6.07) is 0. The molecule has 0 aromatic carbocycles. The summed E-state index contributed by atoms with van der Waals surface area (Å²) in [5, 5.41) is 10.4. The van der Waals surface area contributed by atoms with E-state index in [0.717, 1.165) is 25.9 Å². The maximum Gasteiger partial charge on any atom is 0.230 e. The Morgan fingerprint density at radius 2 is 2.33 bits per heavy atom. The molecule has 1 aromatic heterocycles. The lowest BCUT2D eigenvalue weighted by molar-refractivity contribution is -0.118. The van der Waals surface area contributed by atoms with Crippen LogP contribution in [0, 0.1) is 6.92 Å². The topological polar surface area (TPSA) is 80.0 Å². The summed E-state index contributed by atoms with van der Waals surface area (Å²) in [7, 11) is 0. The fraction of sp³-hybridized carbons (Fsp3) is 0.727. The zero-order valence-electron chi connectivity index (χ0n) is 10.4. The predicted molar refractivity (Wildman–Crippen MR) is 69.2 cm³/mol. The second-order valence-electron chi connectivity index (χ2n) is 4.27. The Bertz CT molecular complexity index is 390. The van der Waals surface area contributed by atoms with Gasteiger partial charge in [0.05, 0.1) is 12.3 Å². The van der Waals surface area contributed by atoms with Gasteiger partial charge in [-0.3, -0.25) is 4.79 Å². The van der Waals surface area contributed by atoms with Gasteiger partial charge >= 0.3 is 0 Å². The number of rotatable bonds is 5. The average Bonchev–Trinajstić information content (AvgIpc) is 2.81. The Hall–Kier alpha value is -1.08. The van der Waals surface area contributed by atoms with Crippen molar-refractivity contribution >= 4 is 17.7 Å². The monoisotopic (exact) mass is 270 g/mol. The quantitative estimate of drug-likeness (QED) is 0.810. The third-order valence-electron chi connectivity index (χ3n) is 2.75. The van der Waals surface area contributed by atoms with Crippen LogP contribution in [0.2, 0.25) is 0 Å². The zero-order chi connectivity index (χ0) is 12.8. The molecule has 0 saturated carbocycles. The lowest BCUT2D eigenvalue weighted by Crippen LogP contribution is -2.31. The van der Waals surface area contributed by atoms with Crippen LogP contribution in [0.15, 0.2) is 4.52 Å². The second-order valence-corrected chi connectivity index (χ2v) is 5.56. The number of carbonyl (C=O) groups is 1. The summed E-state index contributed by atoms with van der Waals surface area (Å²) < 4.78 is 4.83. The molecule has 0 atom stereocenters. The minimum absolute atomic E-state index is 0.0287. The third-order valence-corrected chi connectivity index (χ3v) is 4.12. The molecular formula is C11H18N4O2S. The van der Waals surface area contributed by atoms with E-state index in [1.165, 1.54) is 0 Å². The van der Waals surface area contributed by atoms with E-state index in [1.54, 1.807) is 18.7 Å². The first kappa shape index (κ1) is 13.4. The van der Waals surface area contributed by atoms with E-state index in [-0.39, 0.29) is 5.91 Å². The van der Waals surface area contributed by atoms with Crippen molar-refractivity contribution in [3.05, 3.63) is 11.7 Å². The van der Waals surface area contributed by atoms with Crippen molar-refractivity contribution in [3.8, 4) is 0 Å². The number of hydrogen-bond donors (Lipinski definition) is 2. The maximum atomic E-state index is 11.6. The molecule has 1 saturated heterocycles. The van der Waals surface area contributed by atoms with Gasteiger partial charge in [-0.15, -0.1) is 11.8 Å². The largest absolute Gasteiger partial charge is 0.348 e. The molecule has 100 valence electrons. The highest BCUT2D eigenvalue weighted by Gasteiger charge is 2.15. The summed E-state index contributed by atoms with van der Waals surface area (Å²) in [6.07, 6.45) is 2.28. The van der Waals surface area contributed by atoms with Crippen LogP contribution in [0.5, 0.6) is 0 Å². The van der Waals surface area contributed by atoms with Gasteiger partial charge in [0.1, 0.15) is 0 Å². The Kier molecular flexibility index (Phi) is 5.00. The van der Waals surface area contributed by atoms with E-state index >= 15 is 0 Å². The molecular weight excluding hydrogens is 252 g/mol. The number of thioether (sulfide) groups is 1. The number of piperidine rings is 1. The first-order chi connectivity index (χ1) is 8.74. The second kappa shape index (κ2) is 6.75. The van der Waals surface area contributed by atoms with Gasteiger partial charge in [-0.1, -0.05) is 5.16 Å². The minimum atomic E-state index is 0.0287. The van der Waals surface area contributed by atoms with Crippen LogP contribution in [0.25, 0.3) is 0 Å². The molecule has 1 fully saturated rings. The highest BCUT2D eigenvalue weighted by atomic mass is 32.2. The third kappa shape index (κ3) is 4.30. The summed E-state index contributed by atoms with van der Waals surface area (Å²) in [5.74, 6) is 1.57. The van der Waals surface area contributed by atoms with Crippen LogP contribution in [0.1, 0.15) is 24.6 Å². The SMILES string of the molecule is Cc1nc(CNC(=O)CSC2CCNCC2)no1.